The number of methoxy groups -OCH3 is 1. The van der Waals surface area contributed by atoms with Crippen molar-refractivity contribution < 1.29 is 14.3 Å². The lowest BCUT2D eigenvalue weighted by Gasteiger charge is -2.10. The van der Waals surface area contributed by atoms with E-state index in [4.69, 9.17) is 9.47 Å². The smallest absolute Gasteiger partial charge is 0.343 e. The fraction of sp³-hybridized carbons (Fsp3) is 0.150. The predicted molar refractivity (Wildman–Crippen MR) is 106 cm³/mol. The molecule has 1 heterocycles. The molecule has 7 heteroatoms. The molecule has 3 rings (SSSR count). The largest absolute Gasteiger partial charge is 0.497 e. The average molecular weight is 381 g/mol. The molecule has 0 amide bonds. The molecule has 6 nitrogen and oxygen atoms in total. The summed E-state index contributed by atoms with van der Waals surface area (Å²) >= 11 is 1.48. The molecule has 0 aliphatic carbocycles. The molecule has 0 saturated heterocycles. The van der Waals surface area contributed by atoms with Crippen LogP contribution in [0, 0.1) is 6.92 Å². The highest BCUT2D eigenvalue weighted by Crippen LogP contribution is 2.23. The van der Waals surface area contributed by atoms with Gasteiger partial charge in [-0.3, -0.25) is 0 Å². The maximum Gasteiger partial charge on any atom is 0.343 e. The first kappa shape index (κ1) is 18.7. The van der Waals surface area contributed by atoms with Crippen LogP contribution in [0.25, 0.3) is 0 Å². The van der Waals surface area contributed by atoms with Gasteiger partial charge in [-0.1, -0.05) is 17.8 Å². The highest BCUT2D eigenvalue weighted by atomic mass is 32.2. The number of benzene rings is 2. The Balaban J connectivity index is 1.73. The van der Waals surface area contributed by atoms with Crippen LogP contribution in [0.3, 0.4) is 0 Å². The van der Waals surface area contributed by atoms with Gasteiger partial charge in [0.15, 0.2) is 5.16 Å². The number of aromatic nitrogens is 2. The van der Waals surface area contributed by atoms with Gasteiger partial charge in [-0.05, 0) is 49.6 Å². The van der Waals surface area contributed by atoms with E-state index in [1.165, 1.54) is 11.8 Å². The first-order valence-electron chi connectivity index (χ1n) is 8.20. The number of carbonyl (C=O) groups excluding carboxylic acids is 1. The molecule has 1 N–H and O–H groups in total. The lowest BCUT2D eigenvalue weighted by atomic mass is 10.2. The zero-order valence-corrected chi connectivity index (χ0v) is 16.0. The maximum atomic E-state index is 12.3. The number of carbonyl (C=O) groups is 1. The fourth-order valence-corrected chi connectivity index (χ4v) is 2.80. The van der Waals surface area contributed by atoms with Gasteiger partial charge >= 0.3 is 5.97 Å². The molecule has 0 aliphatic rings. The minimum Gasteiger partial charge on any atom is -0.497 e. The summed E-state index contributed by atoms with van der Waals surface area (Å²) in [6, 6.07) is 15.8. The van der Waals surface area contributed by atoms with Crippen molar-refractivity contribution in [2.24, 2.45) is 0 Å². The summed E-state index contributed by atoms with van der Waals surface area (Å²) < 4.78 is 10.6. The topological polar surface area (TPSA) is 73.3 Å². The maximum absolute atomic E-state index is 12.3. The van der Waals surface area contributed by atoms with Crippen molar-refractivity contribution in [1.29, 1.82) is 0 Å². The number of ether oxygens (including phenoxy) is 2. The van der Waals surface area contributed by atoms with Crippen LogP contribution in [0.4, 0.5) is 11.5 Å². The highest BCUT2D eigenvalue weighted by Gasteiger charge is 2.10. The van der Waals surface area contributed by atoms with Crippen LogP contribution in [0.2, 0.25) is 0 Å². The third-order valence-corrected chi connectivity index (χ3v) is 4.21. The summed E-state index contributed by atoms with van der Waals surface area (Å²) in [5.41, 5.74) is 2.09. The molecule has 2 aromatic carbocycles. The van der Waals surface area contributed by atoms with Gasteiger partial charge < -0.3 is 14.8 Å². The van der Waals surface area contributed by atoms with E-state index in [0.717, 1.165) is 11.4 Å². The zero-order chi connectivity index (χ0) is 19.2. The second-order valence-corrected chi connectivity index (χ2v) is 6.43. The second kappa shape index (κ2) is 8.55. The quantitative estimate of drug-likeness (QED) is 0.292. The number of anilines is 2. The molecule has 1 aromatic heterocycles. The SMILES string of the molecule is COc1ccc(C(=O)Oc2cccc(Nc3cc(C)nc(SC)n3)c2)cc1. The summed E-state index contributed by atoms with van der Waals surface area (Å²) in [6.07, 6.45) is 1.93. The Bertz CT molecular complexity index is 945. The van der Waals surface area contributed by atoms with Gasteiger partial charge in [0.05, 0.1) is 12.7 Å². The van der Waals surface area contributed by atoms with Crippen molar-refractivity contribution >= 4 is 29.2 Å². The van der Waals surface area contributed by atoms with Gasteiger partial charge in [0.2, 0.25) is 0 Å². The van der Waals surface area contributed by atoms with Crippen LogP contribution in [-0.4, -0.2) is 29.3 Å². The normalized spacial score (nSPS) is 10.3. The van der Waals surface area contributed by atoms with Gasteiger partial charge in [0, 0.05) is 23.5 Å². The van der Waals surface area contributed by atoms with Crippen molar-refractivity contribution in [3.05, 3.63) is 65.9 Å². The second-order valence-electron chi connectivity index (χ2n) is 5.65. The van der Waals surface area contributed by atoms with Crippen LogP contribution < -0.4 is 14.8 Å². The van der Waals surface area contributed by atoms with E-state index in [-0.39, 0.29) is 0 Å². The Labute approximate surface area is 162 Å². The standard InChI is InChI=1S/C20H19N3O3S/c1-13-11-18(23-20(21-13)27-3)22-15-5-4-6-17(12-15)26-19(24)14-7-9-16(25-2)10-8-14/h4-12H,1-3H3,(H,21,22,23). The van der Waals surface area contributed by atoms with Gasteiger partial charge in [0.25, 0.3) is 0 Å². The van der Waals surface area contributed by atoms with Crippen molar-refractivity contribution in [2.75, 3.05) is 18.7 Å². The summed E-state index contributed by atoms with van der Waals surface area (Å²) in [5.74, 6) is 1.38. The number of aryl methyl sites for hydroxylation is 1. The van der Waals surface area contributed by atoms with E-state index < -0.39 is 5.97 Å². The minimum absolute atomic E-state index is 0.433. The molecule has 0 aliphatic heterocycles. The van der Waals surface area contributed by atoms with E-state index in [2.05, 4.69) is 15.3 Å². The Morgan fingerprint density at radius 2 is 1.81 bits per heavy atom. The van der Waals surface area contributed by atoms with E-state index >= 15 is 0 Å². The number of rotatable bonds is 6. The van der Waals surface area contributed by atoms with Crippen LogP contribution in [0.15, 0.2) is 59.8 Å². The van der Waals surface area contributed by atoms with Gasteiger partial charge in [-0.2, -0.15) is 0 Å². The Kier molecular flexibility index (Phi) is 5.93. The van der Waals surface area contributed by atoms with Crippen LogP contribution >= 0.6 is 11.8 Å². The molecule has 3 aromatic rings. The number of hydrogen-bond donors (Lipinski definition) is 1. The average Bonchev–Trinajstić information content (AvgIpc) is 2.67. The Morgan fingerprint density at radius 3 is 2.52 bits per heavy atom. The molecular weight excluding hydrogens is 362 g/mol. The monoisotopic (exact) mass is 381 g/mol. The molecule has 0 bridgehead atoms. The number of nitrogens with one attached hydrogen (secondary N) is 1. The van der Waals surface area contributed by atoms with Crippen LogP contribution in [0.1, 0.15) is 16.1 Å². The third kappa shape index (κ3) is 4.98. The molecule has 0 radical (unpaired) electrons. The molecule has 27 heavy (non-hydrogen) atoms. The first-order valence-corrected chi connectivity index (χ1v) is 9.43. The van der Waals surface area contributed by atoms with E-state index in [9.17, 15) is 4.79 Å². The summed E-state index contributed by atoms with van der Waals surface area (Å²) in [6.45, 7) is 1.92. The van der Waals surface area contributed by atoms with Crippen molar-refractivity contribution in [2.45, 2.75) is 12.1 Å². The van der Waals surface area contributed by atoms with Crippen molar-refractivity contribution in [3.63, 3.8) is 0 Å². The molecule has 0 fully saturated rings. The number of esters is 1. The molecule has 0 saturated carbocycles. The Morgan fingerprint density at radius 1 is 1.04 bits per heavy atom. The van der Waals surface area contributed by atoms with Gasteiger partial charge in [0.1, 0.15) is 17.3 Å². The summed E-state index contributed by atoms with van der Waals surface area (Å²) in [7, 11) is 1.58. The number of nitrogens with zero attached hydrogens (tertiary/aromatic N) is 2. The zero-order valence-electron chi connectivity index (χ0n) is 15.2. The molecular formula is C20H19N3O3S. The van der Waals surface area contributed by atoms with E-state index in [1.807, 2.05) is 31.4 Å². The summed E-state index contributed by atoms with van der Waals surface area (Å²) in [5, 5.41) is 3.91. The van der Waals surface area contributed by atoms with E-state index in [0.29, 0.717) is 28.0 Å². The third-order valence-electron chi connectivity index (χ3n) is 3.66. The van der Waals surface area contributed by atoms with Crippen LogP contribution in [0.5, 0.6) is 11.5 Å². The van der Waals surface area contributed by atoms with Crippen molar-refractivity contribution in [1.82, 2.24) is 9.97 Å². The molecule has 0 atom stereocenters. The highest BCUT2D eigenvalue weighted by molar-refractivity contribution is 7.98. The molecule has 0 spiro atoms. The fourth-order valence-electron chi connectivity index (χ4n) is 2.37. The molecule has 0 unspecified atom stereocenters. The van der Waals surface area contributed by atoms with Crippen molar-refractivity contribution in [3.8, 4) is 11.5 Å². The summed E-state index contributed by atoms with van der Waals surface area (Å²) in [4.78, 5) is 21.1. The minimum atomic E-state index is -0.433. The predicted octanol–water partition coefficient (Wildman–Crippen LogP) is 4.48. The number of hydrogen-bond acceptors (Lipinski definition) is 7. The van der Waals surface area contributed by atoms with Gasteiger partial charge in [-0.25, -0.2) is 14.8 Å². The lowest BCUT2D eigenvalue weighted by molar-refractivity contribution is 0.0735. The Hall–Kier alpha value is -3.06. The van der Waals surface area contributed by atoms with Gasteiger partial charge in [-0.15, -0.1) is 0 Å². The number of thioether (sulfide) groups is 1. The lowest BCUT2D eigenvalue weighted by Crippen LogP contribution is -2.08. The molecule has 138 valence electrons. The first-order chi connectivity index (χ1) is 13.1. The van der Waals surface area contributed by atoms with Crippen LogP contribution in [-0.2, 0) is 0 Å². The van der Waals surface area contributed by atoms with E-state index in [1.54, 1.807) is 43.5 Å².